The first-order valence-electron chi connectivity index (χ1n) is 15.1. The third-order valence-electron chi connectivity index (χ3n) is 7.15. The molecule has 5 rings (SSSR count). The number of piperazine rings is 1. The predicted molar refractivity (Wildman–Crippen MR) is 179 cm³/mol. The van der Waals surface area contributed by atoms with Crippen LogP contribution >= 0.6 is 11.3 Å². The summed E-state index contributed by atoms with van der Waals surface area (Å²) in [5.74, 6) is 0.753. The minimum absolute atomic E-state index is 0.0743. The summed E-state index contributed by atoms with van der Waals surface area (Å²) in [5, 5.41) is 5.69. The highest BCUT2D eigenvalue weighted by Gasteiger charge is 2.26. The maximum Gasteiger partial charge on any atom is 0.412 e. The number of ketones is 1. The van der Waals surface area contributed by atoms with Crippen molar-refractivity contribution in [2.75, 3.05) is 36.4 Å². The fourth-order valence-electron chi connectivity index (χ4n) is 5.06. The molecule has 1 N–H and O–H groups in total. The van der Waals surface area contributed by atoms with E-state index in [0.29, 0.717) is 43.0 Å². The molecule has 236 valence electrons. The van der Waals surface area contributed by atoms with Gasteiger partial charge >= 0.3 is 12.2 Å². The van der Waals surface area contributed by atoms with Crippen LogP contribution in [0.2, 0.25) is 0 Å². The van der Waals surface area contributed by atoms with E-state index in [2.05, 4.69) is 10.2 Å². The molecule has 1 saturated heterocycles. The molecule has 1 aliphatic rings. The van der Waals surface area contributed by atoms with Crippen LogP contribution in [-0.4, -0.2) is 65.2 Å². The number of carbonyl (C=O) groups excluding carboxylic acids is 3. The lowest BCUT2D eigenvalue weighted by atomic mass is 9.98. The molecule has 10 heteroatoms. The first-order valence-corrected chi connectivity index (χ1v) is 16.0. The van der Waals surface area contributed by atoms with Gasteiger partial charge in [0, 0.05) is 54.1 Å². The van der Waals surface area contributed by atoms with Gasteiger partial charge in [0.2, 0.25) is 0 Å². The molecule has 2 aromatic heterocycles. The molecule has 0 unspecified atom stereocenters. The van der Waals surface area contributed by atoms with Gasteiger partial charge in [-0.05, 0) is 107 Å². The maximum atomic E-state index is 13.6. The van der Waals surface area contributed by atoms with Gasteiger partial charge in [-0.25, -0.2) is 14.6 Å². The van der Waals surface area contributed by atoms with Crippen LogP contribution in [0.3, 0.4) is 0 Å². The van der Waals surface area contributed by atoms with Gasteiger partial charge < -0.3 is 19.3 Å². The summed E-state index contributed by atoms with van der Waals surface area (Å²) in [6, 6.07) is 19.2. The number of hydrogen-bond acceptors (Lipinski definition) is 8. The van der Waals surface area contributed by atoms with Crippen molar-refractivity contribution < 1.29 is 23.9 Å². The lowest BCUT2D eigenvalue weighted by Gasteiger charge is -2.36. The van der Waals surface area contributed by atoms with Gasteiger partial charge in [0.05, 0.1) is 5.52 Å². The van der Waals surface area contributed by atoms with Crippen LogP contribution in [0.15, 0.2) is 66.0 Å². The number of anilines is 2. The number of thiophene rings is 1. The van der Waals surface area contributed by atoms with E-state index in [4.69, 9.17) is 14.5 Å². The predicted octanol–water partition coefficient (Wildman–Crippen LogP) is 7.79. The Bertz CT molecular complexity index is 1700. The Hall–Kier alpha value is -4.44. The molecule has 0 bridgehead atoms. The zero-order valence-corrected chi connectivity index (χ0v) is 27.5. The van der Waals surface area contributed by atoms with Gasteiger partial charge in [-0.3, -0.25) is 10.1 Å². The van der Waals surface area contributed by atoms with E-state index in [1.807, 2.05) is 80.7 Å². The largest absolute Gasteiger partial charge is 0.444 e. The highest BCUT2D eigenvalue weighted by Crippen LogP contribution is 2.30. The molecule has 0 spiro atoms. The van der Waals surface area contributed by atoms with E-state index >= 15 is 0 Å². The van der Waals surface area contributed by atoms with E-state index in [1.54, 1.807) is 43.1 Å². The van der Waals surface area contributed by atoms with Crippen molar-refractivity contribution in [1.82, 2.24) is 9.88 Å². The molecule has 0 saturated carbocycles. The lowest BCUT2D eigenvalue weighted by Crippen LogP contribution is -2.50. The number of nitrogens with one attached hydrogen (secondary N) is 1. The Balaban J connectivity index is 1.30. The molecule has 9 nitrogen and oxygen atoms in total. The number of pyridine rings is 1. The van der Waals surface area contributed by atoms with Gasteiger partial charge in [0.1, 0.15) is 17.0 Å². The van der Waals surface area contributed by atoms with Crippen LogP contribution in [0.25, 0.3) is 21.3 Å². The van der Waals surface area contributed by atoms with Crippen molar-refractivity contribution in [3.8, 4) is 10.4 Å². The Morgan fingerprint density at radius 1 is 0.867 bits per heavy atom. The molecule has 0 atom stereocenters. The summed E-state index contributed by atoms with van der Waals surface area (Å²) in [6.45, 7) is 13.4. The minimum Gasteiger partial charge on any atom is -0.444 e. The normalized spacial score (nSPS) is 13.9. The summed E-state index contributed by atoms with van der Waals surface area (Å²) < 4.78 is 11.0. The maximum absolute atomic E-state index is 13.6. The third kappa shape index (κ3) is 8.39. The molecular formula is C35H40N4O5S. The second-order valence-corrected chi connectivity index (χ2v) is 14.1. The van der Waals surface area contributed by atoms with Gasteiger partial charge in [-0.1, -0.05) is 12.1 Å². The third-order valence-corrected chi connectivity index (χ3v) is 8.07. The number of Topliss-reactive ketones (excluding diaryl/α,β-unsaturated/α-hetero) is 1. The van der Waals surface area contributed by atoms with Crippen LogP contribution in [0.5, 0.6) is 0 Å². The van der Waals surface area contributed by atoms with Gasteiger partial charge in [0.15, 0.2) is 5.78 Å². The molecule has 3 heterocycles. The second-order valence-electron chi connectivity index (χ2n) is 13.1. The van der Waals surface area contributed by atoms with E-state index < -0.39 is 17.3 Å². The summed E-state index contributed by atoms with van der Waals surface area (Å²) >= 11 is 1.61. The number of nitrogens with zero attached hydrogens (tertiary/aromatic N) is 3. The number of amides is 2. The fraction of sp³-hybridized carbons (Fsp3) is 0.371. The fourth-order valence-corrected chi connectivity index (χ4v) is 5.78. The number of hydrogen-bond donors (Lipinski definition) is 1. The molecule has 1 aliphatic heterocycles. The SMILES string of the molecule is CC(C)(C)OC(=O)Nc1ccc(-c2cccs2)cc1CC(=O)c1ccc2nc(N3CCN(C(=O)OC(C)(C)C)CC3)ccc2c1. The van der Waals surface area contributed by atoms with Crippen molar-refractivity contribution in [2.45, 2.75) is 59.2 Å². The van der Waals surface area contributed by atoms with Crippen molar-refractivity contribution >= 4 is 51.7 Å². The number of carbonyl (C=O) groups is 3. The molecule has 2 aromatic carbocycles. The molecule has 0 radical (unpaired) electrons. The van der Waals surface area contributed by atoms with E-state index in [0.717, 1.165) is 27.2 Å². The number of ether oxygens (including phenoxy) is 2. The number of aromatic nitrogens is 1. The second kappa shape index (κ2) is 12.9. The highest BCUT2D eigenvalue weighted by atomic mass is 32.1. The summed E-state index contributed by atoms with van der Waals surface area (Å²) in [4.78, 5) is 48.4. The highest BCUT2D eigenvalue weighted by molar-refractivity contribution is 7.13. The van der Waals surface area contributed by atoms with Crippen LogP contribution in [0.4, 0.5) is 21.1 Å². The van der Waals surface area contributed by atoms with E-state index in [1.165, 1.54) is 0 Å². The smallest absolute Gasteiger partial charge is 0.412 e. The average Bonchev–Trinajstić information content (AvgIpc) is 3.51. The van der Waals surface area contributed by atoms with E-state index in [9.17, 15) is 14.4 Å². The quantitative estimate of drug-likeness (QED) is 0.218. The van der Waals surface area contributed by atoms with Gasteiger partial charge in [-0.2, -0.15) is 0 Å². The standard InChI is InChI=1S/C35H40N4O5S/c1-34(2,3)43-32(41)37-28-13-10-25(30-8-7-19-45-30)21-26(28)22-29(40)24-9-12-27-23(20-24)11-14-31(36-27)38-15-17-39(18-16-38)33(42)44-35(4,5)6/h7-14,19-21H,15-18,22H2,1-6H3,(H,37,41). The molecule has 0 aliphatic carbocycles. The Kier molecular flexibility index (Phi) is 9.16. The topological polar surface area (TPSA) is 101 Å². The van der Waals surface area contributed by atoms with Gasteiger partial charge in [0.25, 0.3) is 0 Å². The summed E-state index contributed by atoms with van der Waals surface area (Å²) in [6.07, 6.45) is -0.765. The molecule has 2 amide bonds. The lowest BCUT2D eigenvalue weighted by molar-refractivity contribution is 0.0240. The van der Waals surface area contributed by atoms with Crippen LogP contribution in [-0.2, 0) is 15.9 Å². The van der Waals surface area contributed by atoms with Crippen molar-refractivity contribution in [3.63, 3.8) is 0 Å². The number of fused-ring (bicyclic) bond motifs is 1. The van der Waals surface area contributed by atoms with Crippen LogP contribution < -0.4 is 10.2 Å². The molecule has 4 aromatic rings. The Morgan fingerprint density at radius 3 is 2.27 bits per heavy atom. The average molecular weight is 629 g/mol. The first kappa shape index (κ1) is 32.0. The van der Waals surface area contributed by atoms with Crippen molar-refractivity contribution in [1.29, 1.82) is 0 Å². The molecule has 45 heavy (non-hydrogen) atoms. The molecule has 1 fully saturated rings. The zero-order chi connectivity index (χ0) is 32.4. The summed E-state index contributed by atoms with van der Waals surface area (Å²) in [5.41, 5.74) is 2.39. The summed E-state index contributed by atoms with van der Waals surface area (Å²) in [7, 11) is 0. The van der Waals surface area contributed by atoms with Crippen molar-refractivity contribution in [3.05, 3.63) is 77.2 Å². The van der Waals surface area contributed by atoms with E-state index in [-0.39, 0.29) is 18.3 Å². The molecular weight excluding hydrogens is 588 g/mol. The number of benzene rings is 2. The van der Waals surface area contributed by atoms with Crippen molar-refractivity contribution in [2.24, 2.45) is 0 Å². The first-order chi connectivity index (χ1) is 21.2. The van der Waals surface area contributed by atoms with Gasteiger partial charge in [-0.15, -0.1) is 11.3 Å². The Labute approximate surface area is 268 Å². The van der Waals surface area contributed by atoms with Crippen LogP contribution in [0, 0.1) is 0 Å². The minimum atomic E-state index is -0.648. The monoisotopic (exact) mass is 628 g/mol. The Morgan fingerprint density at radius 2 is 1.60 bits per heavy atom. The number of rotatable bonds is 6. The zero-order valence-electron chi connectivity index (χ0n) is 26.7. The van der Waals surface area contributed by atoms with Crippen LogP contribution in [0.1, 0.15) is 57.5 Å².